The molecule has 1 saturated heterocycles. The summed E-state index contributed by atoms with van der Waals surface area (Å²) in [5.41, 5.74) is -2.12. The highest BCUT2D eigenvalue weighted by molar-refractivity contribution is 6.30. The Labute approximate surface area is 172 Å². The lowest BCUT2D eigenvalue weighted by Gasteiger charge is -2.29. The van der Waals surface area contributed by atoms with Crippen LogP contribution in [0.25, 0.3) is 0 Å². The molecule has 2 heterocycles. The topological polar surface area (TPSA) is 74.3 Å². The van der Waals surface area contributed by atoms with Crippen LogP contribution < -0.4 is 10.6 Å². The molecule has 1 aromatic carbocycles. The largest absolute Gasteiger partial charge is 0.436 e. The molecule has 2 aromatic rings. The molecule has 6 nitrogen and oxygen atoms in total. The van der Waals surface area contributed by atoms with Gasteiger partial charge in [-0.1, -0.05) is 17.7 Å². The van der Waals surface area contributed by atoms with E-state index in [1.165, 1.54) is 6.07 Å². The van der Waals surface area contributed by atoms with Gasteiger partial charge >= 0.3 is 12.2 Å². The second-order valence-corrected chi connectivity index (χ2v) is 6.80. The van der Waals surface area contributed by atoms with Crippen LogP contribution in [-0.4, -0.2) is 41.5 Å². The predicted octanol–water partition coefficient (Wildman–Crippen LogP) is 3.26. The SMILES string of the molecule is O=C1CN(C(=O)NC(c2ccc(Cl)c(F)c2)c2ccc(F)c(C(F)(F)F)n2)CCN1. The summed E-state index contributed by atoms with van der Waals surface area (Å²) in [4.78, 5) is 28.5. The maximum absolute atomic E-state index is 14.0. The molecule has 0 aliphatic carbocycles. The molecule has 1 fully saturated rings. The van der Waals surface area contributed by atoms with Gasteiger partial charge in [-0.25, -0.2) is 18.6 Å². The molecule has 0 saturated carbocycles. The Balaban J connectivity index is 2.01. The number of urea groups is 1. The predicted molar refractivity (Wildman–Crippen MR) is 95.6 cm³/mol. The zero-order chi connectivity index (χ0) is 22.1. The molecule has 1 atom stereocenters. The van der Waals surface area contributed by atoms with Gasteiger partial charge in [0.05, 0.1) is 16.8 Å². The van der Waals surface area contributed by atoms with E-state index in [0.29, 0.717) is 6.07 Å². The van der Waals surface area contributed by atoms with Crippen molar-refractivity contribution in [3.8, 4) is 0 Å². The fourth-order valence-corrected chi connectivity index (χ4v) is 2.98. The van der Waals surface area contributed by atoms with Crippen molar-refractivity contribution < 1.29 is 31.5 Å². The summed E-state index contributed by atoms with van der Waals surface area (Å²) in [5.74, 6) is -2.88. The number of pyridine rings is 1. The summed E-state index contributed by atoms with van der Waals surface area (Å²) >= 11 is 5.65. The van der Waals surface area contributed by atoms with E-state index in [1.54, 1.807) is 0 Å². The van der Waals surface area contributed by atoms with Crippen molar-refractivity contribution in [1.29, 1.82) is 0 Å². The molecule has 0 radical (unpaired) electrons. The van der Waals surface area contributed by atoms with Gasteiger partial charge in [-0.05, 0) is 29.8 Å². The average Bonchev–Trinajstić information content (AvgIpc) is 2.68. The number of nitrogens with one attached hydrogen (secondary N) is 2. The molecule has 1 aliphatic rings. The monoisotopic (exact) mass is 448 g/mol. The summed E-state index contributed by atoms with van der Waals surface area (Å²) in [7, 11) is 0. The summed E-state index contributed by atoms with van der Waals surface area (Å²) in [6, 6.07) is 2.73. The van der Waals surface area contributed by atoms with Gasteiger partial charge < -0.3 is 15.5 Å². The smallest absolute Gasteiger partial charge is 0.353 e. The molecular formula is C18H14ClF5N4O2. The number of amides is 3. The van der Waals surface area contributed by atoms with Gasteiger partial charge in [0.15, 0.2) is 11.5 Å². The normalized spacial score (nSPS) is 15.5. The number of halogens is 6. The molecule has 30 heavy (non-hydrogen) atoms. The first-order valence-electron chi connectivity index (χ1n) is 8.57. The van der Waals surface area contributed by atoms with E-state index in [-0.39, 0.29) is 35.9 Å². The number of nitrogens with zero attached hydrogens (tertiary/aromatic N) is 2. The Kier molecular flexibility index (Phi) is 6.11. The van der Waals surface area contributed by atoms with Crippen molar-refractivity contribution in [3.63, 3.8) is 0 Å². The van der Waals surface area contributed by atoms with E-state index in [1.807, 2.05) is 0 Å². The van der Waals surface area contributed by atoms with Crippen LogP contribution in [0.15, 0.2) is 30.3 Å². The zero-order valence-electron chi connectivity index (χ0n) is 15.1. The number of alkyl halides is 3. The molecule has 1 aliphatic heterocycles. The van der Waals surface area contributed by atoms with Gasteiger partial charge in [0.2, 0.25) is 5.91 Å². The van der Waals surface area contributed by atoms with Crippen LogP contribution in [-0.2, 0) is 11.0 Å². The molecule has 2 N–H and O–H groups in total. The summed E-state index contributed by atoms with van der Waals surface area (Å²) in [6.45, 7) is 0.0849. The van der Waals surface area contributed by atoms with Gasteiger partial charge in [-0.3, -0.25) is 4.79 Å². The first kappa shape index (κ1) is 21.8. The Hall–Kier alpha value is -2.95. The minimum Gasteiger partial charge on any atom is -0.353 e. The Bertz CT molecular complexity index is 986. The minimum absolute atomic E-state index is 0.0268. The highest BCUT2D eigenvalue weighted by Crippen LogP contribution is 2.32. The van der Waals surface area contributed by atoms with Gasteiger partial charge in [0.1, 0.15) is 12.4 Å². The highest BCUT2D eigenvalue weighted by atomic mass is 35.5. The Morgan fingerprint density at radius 2 is 1.93 bits per heavy atom. The number of hydrogen-bond acceptors (Lipinski definition) is 3. The minimum atomic E-state index is -5.08. The van der Waals surface area contributed by atoms with Crippen LogP contribution in [0.4, 0.5) is 26.7 Å². The number of rotatable bonds is 3. The van der Waals surface area contributed by atoms with E-state index in [2.05, 4.69) is 15.6 Å². The maximum atomic E-state index is 14.0. The van der Waals surface area contributed by atoms with Gasteiger partial charge in [0, 0.05) is 13.1 Å². The molecule has 3 rings (SSSR count). The molecule has 12 heteroatoms. The van der Waals surface area contributed by atoms with Crippen molar-refractivity contribution >= 4 is 23.5 Å². The van der Waals surface area contributed by atoms with E-state index in [0.717, 1.165) is 23.1 Å². The number of carbonyl (C=O) groups excluding carboxylic acids is 2. The van der Waals surface area contributed by atoms with E-state index >= 15 is 0 Å². The second kappa shape index (κ2) is 8.42. The number of aromatic nitrogens is 1. The van der Waals surface area contributed by atoms with Crippen molar-refractivity contribution in [2.24, 2.45) is 0 Å². The van der Waals surface area contributed by atoms with E-state index in [4.69, 9.17) is 11.6 Å². The maximum Gasteiger partial charge on any atom is 0.436 e. The quantitative estimate of drug-likeness (QED) is 0.708. The van der Waals surface area contributed by atoms with Crippen molar-refractivity contribution in [1.82, 2.24) is 20.5 Å². The van der Waals surface area contributed by atoms with Gasteiger partial charge in [-0.15, -0.1) is 0 Å². The average molecular weight is 449 g/mol. The fraction of sp³-hybridized carbons (Fsp3) is 0.278. The van der Waals surface area contributed by atoms with Crippen LogP contribution in [0.2, 0.25) is 5.02 Å². The van der Waals surface area contributed by atoms with E-state index < -0.39 is 41.5 Å². The highest BCUT2D eigenvalue weighted by Gasteiger charge is 2.37. The molecule has 0 bridgehead atoms. The summed E-state index contributed by atoms with van der Waals surface area (Å²) in [6.07, 6.45) is -5.08. The Morgan fingerprint density at radius 3 is 2.57 bits per heavy atom. The zero-order valence-corrected chi connectivity index (χ0v) is 15.8. The standard InChI is InChI=1S/C18H14ClF5N4O2/c19-10-2-1-9(7-12(10)21)15(27-17(30)28-6-5-25-14(29)8-28)13-4-3-11(20)16(26-13)18(22,23)24/h1-4,7,15H,5-6,8H2,(H,25,29)(H,27,30). The van der Waals surface area contributed by atoms with Crippen LogP contribution in [0.3, 0.4) is 0 Å². The van der Waals surface area contributed by atoms with Crippen molar-refractivity contribution in [3.05, 3.63) is 63.9 Å². The second-order valence-electron chi connectivity index (χ2n) is 6.39. The molecule has 0 spiro atoms. The number of piperazine rings is 1. The lowest BCUT2D eigenvalue weighted by molar-refractivity contribution is -0.143. The lowest BCUT2D eigenvalue weighted by atomic mass is 10.0. The van der Waals surface area contributed by atoms with Crippen molar-refractivity contribution in [2.75, 3.05) is 19.6 Å². The van der Waals surface area contributed by atoms with E-state index in [9.17, 15) is 31.5 Å². The lowest BCUT2D eigenvalue weighted by Crippen LogP contribution is -2.53. The van der Waals surface area contributed by atoms with Crippen LogP contribution >= 0.6 is 11.6 Å². The fourth-order valence-electron chi connectivity index (χ4n) is 2.86. The molecule has 1 aromatic heterocycles. The van der Waals surface area contributed by atoms with Gasteiger partial charge in [0.25, 0.3) is 0 Å². The summed E-state index contributed by atoms with van der Waals surface area (Å²) in [5, 5.41) is 4.72. The molecule has 3 amide bonds. The number of carbonyl (C=O) groups is 2. The van der Waals surface area contributed by atoms with Gasteiger partial charge in [-0.2, -0.15) is 13.2 Å². The molecule has 1 unspecified atom stereocenters. The van der Waals surface area contributed by atoms with Crippen LogP contribution in [0.1, 0.15) is 23.0 Å². The third kappa shape index (κ3) is 4.78. The Morgan fingerprint density at radius 1 is 1.20 bits per heavy atom. The van der Waals surface area contributed by atoms with Crippen LogP contribution in [0.5, 0.6) is 0 Å². The summed E-state index contributed by atoms with van der Waals surface area (Å²) < 4.78 is 66.9. The number of benzene rings is 1. The van der Waals surface area contributed by atoms with Crippen LogP contribution in [0, 0.1) is 11.6 Å². The third-order valence-electron chi connectivity index (χ3n) is 4.30. The molecular weight excluding hydrogens is 435 g/mol. The molecule has 160 valence electrons. The third-order valence-corrected chi connectivity index (χ3v) is 4.61. The first-order chi connectivity index (χ1) is 14.1. The van der Waals surface area contributed by atoms with Crippen molar-refractivity contribution in [2.45, 2.75) is 12.2 Å². The first-order valence-corrected chi connectivity index (χ1v) is 8.95. The number of hydrogen-bond donors (Lipinski definition) is 2.